The molecule has 0 radical (unpaired) electrons. The molecule has 0 spiro atoms. The van der Waals surface area contributed by atoms with Crippen LogP contribution < -0.4 is 5.32 Å². The molecule has 1 fully saturated rings. The van der Waals surface area contributed by atoms with Crippen LogP contribution in [0.2, 0.25) is 0 Å². The van der Waals surface area contributed by atoms with Crippen molar-refractivity contribution in [2.24, 2.45) is 0 Å². The molecule has 1 amide bonds. The van der Waals surface area contributed by atoms with E-state index in [0.29, 0.717) is 22.2 Å². The Labute approximate surface area is 182 Å². The highest BCUT2D eigenvalue weighted by atomic mass is 32.2. The standard InChI is InChI=1S/C21H29N3O4S2/c1-13(2)28-21(25)22-16-10-11-17(18(12-16)30(26,27)14(3)4)20-24-23-19(29-20)15-8-6-5-7-9-15/h10-15H,5-9H2,1-4H3,(H,22,25). The quantitative estimate of drug-likeness (QED) is 0.632. The average molecular weight is 452 g/mol. The minimum absolute atomic E-state index is 0.145. The molecular weight excluding hydrogens is 422 g/mol. The van der Waals surface area contributed by atoms with Gasteiger partial charge < -0.3 is 4.74 Å². The number of rotatable bonds is 6. The van der Waals surface area contributed by atoms with Gasteiger partial charge in [-0.25, -0.2) is 13.2 Å². The summed E-state index contributed by atoms with van der Waals surface area (Å²) in [6.07, 6.45) is 4.95. The Hall–Kier alpha value is -2.00. The Morgan fingerprint density at radius 1 is 1.13 bits per heavy atom. The fraction of sp³-hybridized carbons (Fsp3) is 0.571. The van der Waals surface area contributed by atoms with E-state index in [9.17, 15) is 13.2 Å². The van der Waals surface area contributed by atoms with Crippen LogP contribution in [-0.4, -0.2) is 36.1 Å². The molecule has 0 aliphatic heterocycles. The van der Waals surface area contributed by atoms with Crippen molar-refractivity contribution in [2.45, 2.75) is 82.0 Å². The third-order valence-corrected chi connectivity index (χ3v) is 8.43. The molecule has 2 aromatic rings. The van der Waals surface area contributed by atoms with Crippen molar-refractivity contribution < 1.29 is 17.9 Å². The number of benzene rings is 1. The lowest BCUT2D eigenvalue weighted by Gasteiger charge is -2.18. The van der Waals surface area contributed by atoms with E-state index in [1.165, 1.54) is 36.7 Å². The lowest BCUT2D eigenvalue weighted by atomic mass is 9.90. The topological polar surface area (TPSA) is 98.2 Å². The highest BCUT2D eigenvalue weighted by Crippen LogP contribution is 2.39. The van der Waals surface area contributed by atoms with E-state index < -0.39 is 21.2 Å². The summed E-state index contributed by atoms with van der Waals surface area (Å²) in [5, 5.41) is 12.2. The number of anilines is 1. The third-order valence-electron chi connectivity index (χ3n) is 5.12. The maximum atomic E-state index is 13.1. The van der Waals surface area contributed by atoms with Crippen LogP contribution in [0.3, 0.4) is 0 Å². The predicted octanol–water partition coefficient (Wildman–Crippen LogP) is 5.39. The number of carbonyl (C=O) groups is 1. The number of nitrogens with one attached hydrogen (secondary N) is 1. The van der Waals surface area contributed by atoms with Gasteiger partial charge in [0.15, 0.2) is 9.84 Å². The zero-order valence-corrected chi connectivity index (χ0v) is 19.5. The van der Waals surface area contributed by atoms with Gasteiger partial charge in [-0.05, 0) is 58.7 Å². The van der Waals surface area contributed by atoms with Gasteiger partial charge in [0.25, 0.3) is 0 Å². The highest BCUT2D eigenvalue weighted by Gasteiger charge is 2.27. The van der Waals surface area contributed by atoms with Gasteiger partial charge in [0, 0.05) is 17.2 Å². The molecule has 1 aromatic carbocycles. The minimum atomic E-state index is -3.61. The molecule has 7 nitrogen and oxygen atoms in total. The van der Waals surface area contributed by atoms with Crippen molar-refractivity contribution in [1.29, 1.82) is 0 Å². The first-order chi connectivity index (χ1) is 14.2. The van der Waals surface area contributed by atoms with Crippen LogP contribution in [0, 0.1) is 0 Å². The Balaban J connectivity index is 1.97. The third kappa shape index (κ3) is 5.18. The molecular formula is C21H29N3O4S2. The Morgan fingerprint density at radius 3 is 2.47 bits per heavy atom. The molecule has 0 bridgehead atoms. The molecule has 0 atom stereocenters. The molecule has 1 aromatic heterocycles. The number of aromatic nitrogens is 2. The number of nitrogens with zero attached hydrogens (tertiary/aromatic N) is 2. The van der Waals surface area contributed by atoms with Crippen LogP contribution in [-0.2, 0) is 14.6 Å². The molecule has 30 heavy (non-hydrogen) atoms. The zero-order valence-electron chi connectivity index (χ0n) is 17.8. The van der Waals surface area contributed by atoms with Gasteiger partial charge in [-0.1, -0.05) is 30.6 Å². The second kappa shape index (κ2) is 9.43. The van der Waals surface area contributed by atoms with Crippen LogP contribution in [0.4, 0.5) is 10.5 Å². The number of sulfone groups is 1. The van der Waals surface area contributed by atoms with Gasteiger partial charge in [0.1, 0.15) is 10.0 Å². The van der Waals surface area contributed by atoms with Crippen LogP contribution in [0.5, 0.6) is 0 Å². The molecule has 3 rings (SSSR count). The molecule has 0 saturated heterocycles. The zero-order chi connectivity index (χ0) is 21.9. The lowest BCUT2D eigenvalue weighted by molar-refractivity contribution is 0.130. The second-order valence-corrected chi connectivity index (χ2v) is 11.6. The molecule has 1 aliphatic carbocycles. The summed E-state index contributed by atoms with van der Waals surface area (Å²) < 4.78 is 31.2. The molecule has 1 heterocycles. The first kappa shape index (κ1) is 22.7. The number of carbonyl (C=O) groups excluding carboxylic acids is 1. The summed E-state index contributed by atoms with van der Waals surface area (Å²) in [5.74, 6) is 0.405. The average Bonchev–Trinajstić information content (AvgIpc) is 3.18. The fourth-order valence-corrected chi connectivity index (χ4v) is 5.87. The van der Waals surface area contributed by atoms with Crippen molar-refractivity contribution in [2.75, 3.05) is 5.32 Å². The van der Waals surface area contributed by atoms with Gasteiger partial charge in [-0.2, -0.15) is 0 Å². The van der Waals surface area contributed by atoms with E-state index in [1.807, 2.05) is 0 Å². The first-order valence-electron chi connectivity index (χ1n) is 10.4. The van der Waals surface area contributed by atoms with E-state index in [-0.39, 0.29) is 11.0 Å². The monoisotopic (exact) mass is 451 g/mol. The normalized spacial score (nSPS) is 15.5. The van der Waals surface area contributed by atoms with Crippen molar-refractivity contribution >= 4 is 33.0 Å². The molecule has 1 saturated carbocycles. The maximum absolute atomic E-state index is 13.1. The summed E-state index contributed by atoms with van der Waals surface area (Å²) in [6, 6.07) is 4.83. The van der Waals surface area contributed by atoms with E-state index in [1.54, 1.807) is 39.8 Å². The van der Waals surface area contributed by atoms with Gasteiger partial charge in [-0.15, -0.1) is 10.2 Å². The van der Waals surface area contributed by atoms with E-state index in [4.69, 9.17) is 4.74 Å². The maximum Gasteiger partial charge on any atom is 0.411 e. The molecule has 9 heteroatoms. The number of hydrogen-bond donors (Lipinski definition) is 1. The van der Waals surface area contributed by atoms with Crippen LogP contribution >= 0.6 is 11.3 Å². The van der Waals surface area contributed by atoms with Crippen molar-refractivity contribution in [3.05, 3.63) is 23.2 Å². The molecule has 0 unspecified atom stereocenters. The highest BCUT2D eigenvalue weighted by molar-refractivity contribution is 7.92. The minimum Gasteiger partial charge on any atom is -0.447 e. The van der Waals surface area contributed by atoms with E-state index >= 15 is 0 Å². The number of ether oxygens (including phenoxy) is 1. The smallest absolute Gasteiger partial charge is 0.411 e. The number of hydrogen-bond acceptors (Lipinski definition) is 7. The first-order valence-corrected chi connectivity index (χ1v) is 12.7. The number of amides is 1. The fourth-order valence-electron chi connectivity index (χ4n) is 3.49. The van der Waals surface area contributed by atoms with Crippen molar-refractivity contribution in [3.8, 4) is 10.6 Å². The lowest BCUT2D eigenvalue weighted by Crippen LogP contribution is -2.19. The van der Waals surface area contributed by atoms with Gasteiger partial charge in [0.05, 0.1) is 16.2 Å². The van der Waals surface area contributed by atoms with E-state index in [0.717, 1.165) is 17.8 Å². The SMILES string of the molecule is CC(C)OC(=O)Nc1ccc(-c2nnc(C3CCCCC3)s2)c(S(=O)(=O)C(C)C)c1. The Bertz CT molecular complexity index is 993. The van der Waals surface area contributed by atoms with Gasteiger partial charge >= 0.3 is 6.09 Å². The van der Waals surface area contributed by atoms with Crippen molar-refractivity contribution in [3.63, 3.8) is 0 Å². The Morgan fingerprint density at radius 2 is 1.83 bits per heavy atom. The summed E-state index contributed by atoms with van der Waals surface area (Å²) in [4.78, 5) is 12.1. The Kier molecular flexibility index (Phi) is 7.13. The van der Waals surface area contributed by atoms with Gasteiger partial charge in [-0.3, -0.25) is 5.32 Å². The molecule has 164 valence electrons. The van der Waals surface area contributed by atoms with Crippen LogP contribution in [0.1, 0.15) is 70.7 Å². The summed E-state index contributed by atoms with van der Waals surface area (Å²) in [5.41, 5.74) is 0.881. The summed E-state index contributed by atoms with van der Waals surface area (Å²) in [7, 11) is -3.61. The predicted molar refractivity (Wildman–Crippen MR) is 119 cm³/mol. The van der Waals surface area contributed by atoms with Gasteiger partial charge in [0.2, 0.25) is 0 Å². The largest absolute Gasteiger partial charge is 0.447 e. The summed E-state index contributed by atoms with van der Waals surface area (Å²) >= 11 is 1.46. The molecule has 1 N–H and O–H groups in total. The van der Waals surface area contributed by atoms with Crippen LogP contribution in [0.15, 0.2) is 23.1 Å². The summed E-state index contributed by atoms with van der Waals surface area (Å²) in [6.45, 7) is 6.77. The van der Waals surface area contributed by atoms with Crippen molar-refractivity contribution in [1.82, 2.24) is 10.2 Å². The van der Waals surface area contributed by atoms with E-state index in [2.05, 4.69) is 15.5 Å². The molecule has 1 aliphatic rings. The second-order valence-electron chi connectivity index (χ2n) is 8.16. The van der Waals surface area contributed by atoms with Crippen LogP contribution in [0.25, 0.3) is 10.6 Å².